The maximum Gasteiger partial charge on any atom is 0.338 e. The first-order valence-electron chi connectivity index (χ1n) is 7.06. The summed E-state index contributed by atoms with van der Waals surface area (Å²) in [5.41, 5.74) is 0.713. The molecule has 2 aromatic rings. The molecule has 8 heteroatoms. The third kappa shape index (κ3) is 4.92. The molecule has 0 aliphatic heterocycles. The lowest BCUT2D eigenvalue weighted by Crippen LogP contribution is -2.22. The lowest BCUT2D eigenvalue weighted by atomic mass is 10.1. The Bertz CT molecular complexity index is 737. The van der Waals surface area contributed by atoms with Gasteiger partial charge in [0.15, 0.2) is 5.15 Å². The van der Waals surface area contributed by atoms with E-state index >= 15 is 0 Å². The van der Waals surface area contributed by atoms with Crippen molar-refractivity contribution in [2.45, 2.75) is 0 Å². The number of carbonyl (C=O) groups excluding carboxylic acids is 2. The van der Waals surface area contributed by atoms with Crippen LogP contribution in [0.5, 0.6) is 5.88 Å². The van der Waals surface area contributed by atoms with E-state index in [4.69, 9.17) is 21.1 Å². The summed E-state index contributed by atoms with van der Waals surface area (Å²) in [5.74, 6) is -0.478. The number of amides is 1. The van der Waals surface area contributed by atoms with E-state index in [1.54, 1.807) is 32.3 Å². The molecule has 1 aromatic carbocycles. The fraction of sp³-hybridized carbons (Fsp3) is 0.250. The minimum Gasteiger partial charge on any atom is -0.473 e. The SMILES string of the molecule is CN(C)C(=O)c1cccc(C(=O)OCCOc2cncc(Cl)n2)c1. The van der Waals surface area contributed by atoms with Gasteiger partial charge in [0.1, 0.15) is 13.2 Å². The van der Waals surface area contributed by atoms with Gasteiger partial charge in [-0.3, -0.25) is 9.78 Å². The molecule has 126 valence electrons. The van der Waals surface area contributed by atoms with Gasteiger partial charge in [-0.2, -0.15) is 4.98 Å². The van der Waals surface area contributed by atoms with Crippen molar-refractivity contribution in [3.8, 4) is 5.88 Å². The molecule has 0 bridgehead atoms. The zero-order valence-electron chi connectivity index (χ0n) is 13.2. The van der Waals surface area contributed by atoms with Crippen LogP contribution in [0.1, 0.15) is 20.7 Å². The summed E-state index contributed by atoms with van der Waals surface area (Å²) in [6.45, 7) is 0.135. The molecule has 0 spiro atoms. The molecule has 2 rings (SSSR count). The second-order valence-electron chi connectivity index (χ2n) is 4.94. The van der Waals surface area contributed by atoms with E-state index in [-0.39, 0.29) is 30.2 Å². The van der Waals surface area contributed by atoms with E-state index in [9.17, 15) is 9.59 Å². The van der Waals surface area contributed by atoms with Gasteiger partial charge >= 0.3 is 5.97 Å². The molecule has 1 heterocycles. The first-order chi connectivity index (χ1) is 11.5. The van der Waals surface area contributed by atoms with Crippen molar-refractivity contribution in [1.29, 1.82) is 0 Å². The number of rotatable bonds is 6. The van der Waals surface area contributed by atoms with Crippen LogP contribution in [0.25, 0.3) is 0 Å². The molecule has 24 heavy (non-hydrogen) atoms. The third-order valence-electron chi connectivity index (χ3n) is 2.90. The zero-order valence-corrected chi connectivity index (χ0v) is 14.0. The third-order valence-corrected chi connectivity index (χ3v) is 3.08. The fourth-order valence-corrected chi connectivity index (χ4v) is 1.94. The lowest BCUT2D eigenvalue weighted by molar-refractivity contribution is 0.0447. The molecule has 0 aliphatic carbocycles. The number of benzene rings is 1. The normalized spacial score (nSPS) is 10.1. The molecule has 7 nitrogen and oxygen atoms in total. The van der Waals surface area contributed by atoms with Gasteiger partial charge in [0.2, 0.25) is 5.88 Å². The second kappa shape index (κ2) is 8.26. The van der Waals surface area contributed by atoms with Crippen molar-refractivity contribution in [1.82, 2.24) is 14.9 Å². The summed E-state index contributed by atoms with van der Waals surface area (Å²) in [6.07, 6.45) is 2.79. The van der Waals surface area contributed by atoms with Crippen LogP contribution < -0.4 is 4.74 Å². The van der Waals surface area contributed by atoms with Crippen LogP contribution in [0.15, 0.2) is 36.7 Å². The fourth-order valence-electron chi connectivity index (χ4n) is 1.80. The Labute approximate surface area is 144 Å². The Hall–Kier alpha value is -2.67. The van der Waals surface area contributed by atoms with E-state index in [0.717, 1.165) is 0 Å². The summed E-state index contributed by atoms with van der Waals surface area (Å²) in [6, 6.07) is 6.34. The number of carbonyl (C=O) groups is 2. The molecule has 0 saturated heterocycles. The minimum absolute atomic E-state index is 0.0267. The Morgan fingerprint density at radius 3 is 2.62 bits per heavy atom. The molecule has 0 unspecified atom stereocenters. The number of halogens is 1. The van der Waals surface area contributed by atoms with Crippen molar-refractivity contribution in [3.05, 3.63) is 52.9 Å². The van der Waals surface area contributed by atoms with Crippen LogP contribution in [0, 0.1) is 0 Å². The van der Waals surface area contributed by atoms with E-state index in [1.807, 2.05) is 0 Å². The maximum absolute atomic E-state index is 12.0. The first kappa shape index (κ1) is 17.7. The van der Waals surface area contributed by atoms with E-state index in [1.165, 1.54) is 23.4 Å². The minimum atomic E-state index is -0.538. The number of nitrogens with zero attached hydrogens (tertiary/aromatic N) is 3. The quantitative estimate of drug-likeness (QED) is 0.586. The summed E-state index contributed by atoms with van der Waals surface area (Å²) in [4.78, 5) is 33.0. The molecular formula is C16H16ClN3O4. The van der Waals surface area contributed by atoms with Crippen LogP contribution in [0.3, 0.4) is 0 Å². The monoisotopic (exact) mass is 349 g/mol. The average molecular weight is 350 g/mol. The molecule has 0 saturated carbocycles. The number of esters is 1. The van der Waals surface area contributed by atoms with Gasteiger partial charge in [-0.25, -0.2) is 4.79 Å². The van der Waals surface area contributed by atoms with Crippen molar-refractivity contribution < 1.29 is 19.1 Å². The van der Waals surface area contributed by atoms with Crippen molar-refractivity contribution in [2.75, 3.05) is 27.3 Å². The lowest BCUT2D eigenvalue weighted by Gasteiger charge is -2.11. The highest BCUT2D eigenvalue weighted by molar-refractivity contribution is 6.29. The Kier molecular flexibility index (Phi) is 6.08. The molecule has 1 amide bonds. The van der Waals surface area contributed by atoms with E-state index < -0.39 is 5.97 Å². The van der Waals surface area contributed by atoms with Crippen LogP contribution >= 0.6 is 11.6 Å². The molecule has 0 radical (unpaired) electrons. The molecule has 1 aromatic heterocycles. The summed E-state index contributed by atoms with van der Waals surface area (Å²) < 4.78 is 10.4. The standard InChI is InChI=1S/C16H16ClN3O4/c1-20(2)15(21)11-4-3-5-12(8-11)16(22)24-7-6-23-14-10-18-9-13(17)19-14/h3-5,8-10H,6-7H2,1-2H3. The first-order valence-corrected chi connectivity index (χ1v) is 7.44. The van der Waals surface area contributed by atoms with Gasteiger partial charge in [-0.05, 0) is 18.2 Å². The molecule has 0 N–H and O–H groups in total. The predicted octanol–water partition coefficient (Wildman–Crippen LogP) is 2.07. The number of ether oxygens (including phenoxy) is 2. The van der Waals surface area contributed by atoms with Gasteiger partial charge in [-0.15, -0.1) is 0 Å². The average Bonchev–Trinajstić information content (AvgIpc) is 2.58. The number of hydrogen-bond acceptors (Lipinski definition) is 6. The smallest absolute Gasteiger partial charge is 0.338 e. The van der Waals surface area contributed by atoms with Crippen LogP contribution in [-0.4, -0.2) is 54.1 Å². The molecule has 0 fully saturated rings. The summed E-state index contributed by atoms with van der Waals surface area (Å²) in [5, 5.41) is 0.215. The molecular weight excluding hydrogens is 334 g/mol. The van der Waals surface area contributed by atoms with Gasteiger partial charge in [0, 0.05) is 19.7 Å². The maximum atomic E-state index is 12.0. The Balaban J connectivity index is 1.86. The van der Waals surface area contributed by atoms with Crippen LogP contribution in [-0.2, 0) is 4.74 Å². The van der Waals surface area contributed by atoms with Crippen molar-refractivity contribution in [3.63, 3.8) is 0 Å². The number of aromatic nitrogens is 2. The van der Waals surface area contributed by atoms with E-state index in [0.29, 0.717) is 11.1 Å². The van der Waals surface area contributed by atoms with Crippen molar-refractivity contribution in [2.24, 2.45) is 0 Å². The number of hydrogen-bond donors (Lipinski definition) is 0. The highest BCUT2D eigenvalue weighted by Crippen LogP contribution is 2.10. The molecule has 0 atom stereocenters. The van der Waals surface area contributed by atoms with E-state index in [2.05, 4.69) is 9.97 Å². The molecule has 0 aliphatic rings. The highest BCUT2D eigenvalue weighted by Gasteiger charge is 2.12. The van der Waals surface area contributed by atoms with Gasteiger partial charge in [0.05, 0.1) is 18.0 Å². The van der Waals surface area contributed by atoms with Gasteiger partial charge < -0.3 is 14.4 Å². The Morgan fingerprint density at radius 2 is 1.92 bits per heavy atom. The van der Waals surface area contributed by atoms with Crippen molar-refractivity contribution >= 4 is 23.5 Å². The van der Waals surface area contributed by atoms with Crippen LogP contribution in [0.4, 0.5) is 0 Å². The Morgan fingerprint density at radius 1 is 1.17 bits per heavy atom. The summed E-state index contributed by atoms with van der Waals surface area (Å²) in [7, 11) is 3.28. The predicted molar refractivity (Wildman–Crippen MR) is 87.3 cm³/mol. The largest absolute Gasteiger partial charge is 0.473 e. The van der Waals surface area contributed by atoms with Crippen LogP contribution in [0.2, 0.25) is 5.15 Å². The zero-order chi connectivity index (χ0) is 17.5. The topological polar surface area (TPSA) is 81.6 Å². The van der Waals surface area contributed by atoms with Gasteiger partial charge in [0.25, 0.3) is 5.91 Å². The second-order valence-corrected chi connectivity index (χ2v) is 5.33. The summed E-state index contributed by atoms with van der Waals surface area (Å²) >= 11 is 5.68. The van der Waals surface area contributed by atoms with Gasteiger partial charge in [-0.1, -0.05) is 17.7 Å². The highest BCUT2D eigenvalue weighted by atomic mass is 35.5.